The molecule has 1 fully saturated rings. The highest BCUT2D eigenvalue weighted by atomic mass is 32.2. The van der Waals surface area contributed by atoms with Crippen LogP contribution in [-0.2, 0) is 0 Å². The van der Waals surface area contributed by atoms with E-state index in [2.05, 4.69) is 5.10 Å². The number of benzene rings is 1. The molecule has 2 amide bonds. The molecule has 0 aliphatic carbocycles. The van der Waals surface area contributed by atoms with Gasteiger partial charge in [-0.15, -0.1) is 0 Å². The van der Waals surface area contributed by atoms with Gasteiger partial charge in [-0.25, -0.2) is 4.68 Å². The first-order chi connectivity index (χ1) is 13.5. The number of nitrogens with two attached hydrogens (primary N) is 1. The van der Waals surface area contributed by atoms with Gasteiger partial charge in [-0.2, -0.15) is 16.9 Å². The number of nitrogens with zero attached hydrogens (tertiary/aromatic N) is 3. The monoisotopic (exact) mass is 396 g/mol. The molecule has 7 nitrogen and oxygen atoms in total. The molecule has 2 aromatic heterocycles. The third kappa shape index (κ3) is 3.43. The first-order valence-corrected chi connectivity index (χ1v) is 10.1. The molecule has 1 aliphatic heterocycles. The summed E-state index contributed by atoms with van der Waals surface area (Å²) in [5, 5.41) is 4.40. The largest absolute Gasteiger partial charge is 0.464 e. The SMILES string of the molecule is Cc1ccc([C@H]2CSCCN2C(=O)c2cc(C(N)=O)n(-c3ccccc3)n2)o1. The second kappa shape index (κ2) is 7.55. The number of carbonyl (C=O) groups excluding carboxylic acids is 2. The minimum absolute atomic E-state index is 0.168. The Hall–Kier alpha value is -3.00. The zero-order chi connectivity index (χ0) is 19.7. The first kappa shape index (κ1) is 18.4. The fraction of sp³-hybridized carbons (Fsp3) is 0.250. The van der Waals surface area contributed by atoms with E-state index in [0.29, 0.717) is 12.2 Å². The molecule has 8 heteroatoms. The van der Waals surface area contributed by atoms with Crippen molar-refractivity contribution in [1.29, 1.82) is 0 Å². The van der Waals surface area contributed by atoms with Gasteiger partial charge in [0.2, 0.25) is 0 Å². The predicted molar refractivity (Wildman–Crippen MR) is 107 cm³/mol. The molecule has 1 atom stereocenters. The summed E-state index contributed by atoms with van der Waals surface area (Å²) in [6.45, 7) is 2.46. The summed E-state index contributed by atoms with van der Waals surface area (Å²) >= 11 is 1.78. The Morgan fingerprint density at radius 2 is 2.00 bits per heavy atom. The number of para-hydroxylation sites is 1. The second-order valence-electron chi connectivity index (χ2n) is 6.56. The third-order valence-corrected chi connectivity index (χ3v) is 5.68. The fourth-order valence-electron chi connectivity index (χ4n) is 3.29. The van der Waals surface area contributed by atoms with Crippen LogP contribution in [0.2, 0.25) is 0 Å². The van der Waals surface area contributed by atoms with E-state index in [1.54, 1.807) is 28.8 Å². The van der Waals surface area contributed by atoms with E-state index in [-0.39, 0.29) is 23.3 Å². The molecule has 1 aliphatic rings. The zero-order valence-corrected chi connectivity index (χ0v) is 16.2. The number of furan rings is 1. The molecule has 3 heterocycles. The highest BCUT2D eigenvalue weighted by molar-refractivity contribution is 7.99. The smallest absolute Gasteiger partial charge is 0.275 e. The number of amides is 2. The quantitative estimate of drug-likeness (QED) is 0.732. The van der Waals surface area contributed by atoms with Crippen molar-refractivity contribution in [3.8, 4) is 5.69 Å². The van der Waals surface area contributed by atoms with Crippen LogP contribution in [0.1, 0.15) is 38.5 Å². The van der Waals surface area contributed by atoms with E-state index < -0.39 is 5.91 Å². The van der Waals surface area contributed by atoms with Crippen molar-refractivity contribution in [2.75, 3.05) is 18.1 Å². The topological polar surface area (TPSA) is 94.4 Å². The normalized spacial score (nSPS) is 16.9. The highest BCUT2D eigenvalue weighted by Crippen LogP contribution is 2.32. The molecule has 0 radical (unpaired) electrons. The van der Waals surface area contributed by atoms with E-state index in [9.17, 15) is 9.59 Å². The average Bonchev–Trinajstić information content (AvgIpc) is 3.35. The van der Waals surface area contributed by atoms with Crippen molar-refractivity contribution < 1.29 is 14.0 Å². The summed E-state index contributed by atoms with van der Waals surface area (Å²) < 4.78 is 7.19. The Morgan fingerprint density at radius 3 is 2.68 bits per heavy atom. The van der Waals surface area contributed by atoms with E-state index in [0.717, 1.165) is 23.0 Å². The number of rotatable bonds is 4. The summed E-state index contributed by atoms with van der Waals surface area (Å²) in [7, 11) is 0. The number of carbonyl (C=O) groups is 2. The van der Waals surface area contributed by atoms with Crippen LogP contribution in [0.4, 0.5) is 0 Å². The second-order valence-corrected chi connectivity index (χ2v) is 7.71. The van der Waals surface area contributed by atoms with Gasteiger partial charge >= 0.3 is 0 Å². The molecule has 0 spiro atoms. The summed E-state index contributed by atoms with van der Waals surface area (Å²) in [4.78, 5) is 26.9. The van der Waals surface area contributed by atoms with Crippen LogP contribution in [0.15, 0.2) is 52.9 Å². The maximum absolute atomic E-state index is 13.3. The Labute approximate surface area is 166 Å². The van der Waals surface area contributed by atoms with Crippen LogP contribution >= 0.6 is 11.8 Å². The Morgan fingerprint density at radius 1 is 1.21 bits per heavy atom. The van der Waals surface area contributed by atoms with Crippen molar-refractivity contribution in [2.24, 2.45) is 5.73 Å². The van der Waals surface area contributed by atoms with Crippen molar-refractivity contribution in [3.05, 3.63) is 71.4 Å². The molecular weight excluding hydrogens is 376 g/mol. The van der Waals surface area contributed by atoms with Crippen molar-refractivity contribution >= 4 is 23.6 Å². The van der Waals surface area contributed by atoms with Crippen molar-refractivity contribution in [3.63, 3.8) is 0 Å². The van der Waals surface area contributed by atoms with Gasteiger partial charge in [0.05, 0.1) is 11.7 Å². The lowest BCUT2D eigenvalue weighted by Gasteiger charge is -2.33. The molecule has 1 saturated heterocycles. The number of thioether (sulfide) groups is 1. The van der Waals surface area contributed by atoms with Gasteiger partial charge in [0, 0.05) is 24.1 Å². The Bertz CT molecular complexity index is 1010. The lowest BCUT2D eigenvalue weighted by atomic mass is 10.2. The molecule has 4 rings (SSSR count). The van der Waals surface area contributed by atoms with Gasteiger partial charge in [-0.3, -0.25) is 9.59 Å². The minimum atomic E-state index is -0.636. The molecule has 0 bridgehead atoms. The summed E-state index contributed by atoms with van der Waals surface area (Å²) in [6, 6.07) is 14.2. The number of aryl methyl sites for hydroxylation is 1. The lowest BCUT2D eigenvalue weighted by Crippen LogP contribution is -2.40. The maximum atomic E-state index is 13.3. The van der Waals surface area contributed by atoms with Crippen molar-refractivity contribution in [1.82, 2.24) is 14.7 Å². The van der Waals surface area contributed by atoms with Crippen LogP contribution < -0.4 is 5.73 Å². The molecule has 2 N–H and O–H groups in total. The molecule has 144 valence electrons. The van der Waals surface area contributed by atoms with Gasteiger partial charge in [0.25, 0.3) is 11.8 Å². The van der Waals surface area contributed by atoms with Crippen LogP contribution in [0.3, 0.4) is 0 Å². The van der Waals surface area contributed by atoms with Crippen LogP contribution in [0.5, 0.6) is 0 Å². The third-order valence-electron chi connectivity index (χ3n) is 4.66. The van der Waals surface area contributed by atoms with Gasteiger partial charge in [0.1, 0.15) is 17.2 Å². The fourth-order valence-corrected chi connectivity index (χ4v) is 4.35. The van der Waals surface area contributed by atoms with E-state index in [1.807, 2.05) is 37.3 Å². The summed E-state index contributed by atoms with van der Waals surface area (Å²) in [5.74, 6) is 2.28. The van der Waals surface area contributed by atoms with Crippen LogP contribution in [0, 0.1) is 6.92 Å². The number of primary amides is 1. The minimum Gasteiger partial charge on any atom is -0.464 e. The van der Waals surface area contributed by atoms with Gasteiger partial charge in [0.15, 0.2) is 5.69 Å². The molecule has 3 aromatic rings. The molecule has 0 saturated carbocycles. The van der Waals surface area contributed by atoms with E-state index >= 15 is 0 Å². The summed E-state index contributed by atoms with van der Waals surface area (Å²) in [6.07, 6.45) is 0. The van der Waals surface area contributed by atoms with Crippen molar-refractivity contribution in [2.45, 2.75) is 13.0 Å². The number of hydrogen-bond donors (Lipinski definition) is 1. The Balaban J connectivity index is 1.70. The summed E-state index contributed by atoms with van der Waals surface area (Å²) in [5.41, 5.74) is 6.56. The first-order valence-electron chi connectivity index (χ1n) is 8.95. The zero-order valence-electron chi connectivity index (χ0n) is 15.4. The predicted octanol–water partition coefficient (Wildman–Crippen LogP) is 2.80. The molecule has 0 unspecified atom stereocenters. The van der Waals surface area contributed by atoms with Gasteiger partial charge in [-0.05, 0) is 31.2 Å². The number of hydrogen-bond acceptors (Lipinski definition) is 5. The van der Waals surface area contributed by atoms with Crippen LogP contribution in [0.25, 0.3) is 5.69 Å². The molecular formula is C20H20N4O3S. The highest BCUT2D eigenvalue weighted by Gasteiger charge is 2.33. The lowest BCUT2D eigenvalue weighted by molar-refractivity contribution is 0.0674. The molecule has 28 heavy (non-hydrogen) atoms. The molecule has 1 aromatic carbocycles. The maximum Gasteiger partial charge on any atom is 0.275 e. The van der Waals surface area contributed by atoms with Crippen LogP contribution in [-0.4, -0.2) is 44.5 Å². The standard InChI is InChI=1S/C20H20N4O3S/c1-13-7-8-18(27-13)17-12-28-10-9-23(17)20(26)15-11-16(19(21)25)24(22-15)14-5-3-2-4-6-14/h2-8,11,17H,9-10,12H2,1H3,(H2,21,25)/t17-/m1/s1. The average molecular weight is 396 g/mol. The van der Waals surface area contributed by atoms with Gasteiger partial charge in [-0.1, -0.05) is 18.2 Å². The number of aromatic nitrogens is 2. The van der Waals surface area contributed by atoms with E-state index in [4.69, 9.17) is 10.2 Å². The van der Waals surface area contributed by atoms with E-state index in [1.165, 1.54) is 10.7 Å². The van der Waals surface area contributed by atoms with Gasteiger partial charge < -0.3 is 15.1 Å². The Kier molecular flexibility index (Phi) is 4.95.